The van der Waals surface area contributed by atoms with Gasteiger partial charge in [-0.2, -0.15) is 0 Å². The van der Waals surface area contributed by atoms with Crippen molar-refractivity contribution in [1.29, 1.82) is 0 Å². The molecule has 0 N–H and O–H groups in total. The normalized spacial score (nSPS) is 21.2. The second-order valence-electron chi connectivity index (χ2n) is 3.18. The average molecular weight is 220 g/mol. The van der Waals surface area contributed by atoms with Crippen molar-refractivity contribution in [3.8, 4) is 0 Å². The van der Waals surface area contributed by atoms with Crippen LogP contribution in [0.1, 0.15) is 27.2 Å². The van der Waals surface area contributed by atoms with E-state index in [4.69, 9.17) is 18.0 Å². The molecule has 1 aliphatic rings. The summed E-state index contributed by atoms with van der Waals surface area (Å²) in [4.78, 5) is 0. The number of epoxide rings is 1. The van der Waals surface area contributed by atoms with E-state index in [0.717, 1.165) is 12.5 Å². The fraction of sp³-hybridized carbons (Fsp3) is 1.00. The molecular formula is C9H20O4Si. The molecule has 1 fully saturated rings. The van der Waals surface area contributed by atoms with E-state index in [2.05, 4.69) is 6.92 Å². The molecule has 1 unspecified atom stereocenters. The minimum atomic E-state index is -2.42. The highest BCUT2D eigenvalue weighted by molar-refractivity contribution is 6.60. The lowest BCUT2D eigenvalue weighted by atomic mass is 10.6. The minimum absolute atomic E-state index is 0.0775. The van der Waals surface area contributed by atoms with Crippen molar-refractivity contribution < 1.29 is 18.0 Å². The van der Waals surface area contributed by atoms with Crippen LogP contribution in [0.25, 0.3) is 0 Å². The summed E-state index contributed by atoms with van der Waals surface area (Å²) < 4.78 is 22.1. The van der Waals surface area contributed by atoms with Crippen molar-refractivity contribution >= 4 is 8.80 Å². The van der Waals surface area contributed by atoms with E-state index in [-0.39, 0.29) is 6.29 Å². The van der Waals surface area contributed by atoms with Crippen LogP contribution in [0.5, 0.6) is 0 Å². The second kappa shape index (κ2) is 5.82. The van der Waals surface area contributed by atoms with E-state index < -0.39 is 8.80 Å². The molecule has 0 aromatic carbocycles. The molecule has 5 heteroatoms. The monoisotopic (exact) mass is 220 g/mol. The second-order valence-corrected chi connectivity index (χ2v) is 5.86. The Morgan fingerprint density at radius 1 is 1.21 bits per heavy atom. The average Bonchev–Trinajstić information content (AvgIpc) is 2.89. The SMILES string of the molecule is CCC[Si](OCC)(OCC)OC1CO1. The molecule has 4 nitrogen and oxygen atoms in total. The van der Waals surface area contributed by atoms with E-state index in [9.17, 15) is 0 Å². The van der Waals surface area contributed by atoms with Gasteiger partial charge < -0.3 is 18.0 Å². The van der Waals surface area contributed by atoms with Crippen LogP contribution >= 0.6 is 0 Å². The van der Waals surface area contributed by atoms with Gasteiger partial charge >= 0.3 is 8.80 Å². The van der Waals surface area contributed by atoms with Crippen molar-refractivity contribution in [3.05, 3.63) is 0 Å². The maximum absolute atomic E-state index is 5.74. The van der Waals surface area contributed by atoms with Crippen LogP contribution in [0.3, 0.4) is 0 Å². The quantitative estimate of drug-likeness (QED) is 0.462. The molecule has 0 saturated carbocycles. The molecule has 1 atom stereocenters. The molecule has 84 valence electrons. The maximum atomic E-state index is 5.74. The van der Waals surface area contributed by atoms with Crippen molar-refractivity contribution in [2.45, 2.75) is 39.5 Å². The zero-order chi connectivity index (χ0) is 10.4. The highest BCUT2D eigenvalue weighted by atomic mass is 28.4. The summed E-state index contributed by atoms with van der Waals surface area (Å²) in [5.74, 6) is 0. The lowest BCUT2D eigenvalue weighted by Crippen LogP contribution is -2.46. The Morgan fingerprint density at radius 2 is 1.79 bits per heavy atom. The highest BCUT2D eigenvalue weighted by Gasteiger charge is 2.45. The molecule has 14 heavy (non-hydrogen) atoms. The number of ether oxygens (including phenoxy) is 1. The van der Waals surface area contributed by atoms with Crippen LogP contribution in [-0.2, 0) is 18.0 Å². The van der Waals surface area contributed by atoms with Crippen molar-refractivity contribution in [2.24, 2.45) is 0 Å². The molecule has 0 aromatic heterocycles. The minimum Gasteiger partial charge on any atom is -0.374 e. The Balaban J connectivity index is 2.49. The number of hydrogen-bond donors (Lipinski definition) is 0. The Bertz CT molecular complexity index is 144. The van der Waals surface area contributed by atoms with Gasteiger partial charge in [-0.3, -0.25) is 0 Å². The van der Waals surface area contributed by atoms with Crippen molar-refractivity contribution in [3.63, 3.8) is 0 Å². The topological polar surface area (TPSA) is 40.2 Å². The summed E-state index contributed by atoms with van der Waals surface area (Å²) in [7, 11) is -2.42. The highest BCUT2D eigenvalue weighted by Crippen LogP contribution is 2.24. The van der Waals surface area contributed by atoms with E-state index in [1.165, 1.54) is 0 Å². The van der Waals surface area contributed by atoms with Gasteiger partial charge in [0.15, 0.2) is 6.29 Å². The number of rotatable bonds is 8. The first-order valence-electron chi connectivity index (χ1n) is 5.33. The Hall–Kier alpha value is 0.0569. The Kier molecular flexibility index (Phi) is 5.04. The van der Waals surface area contributed by atoms with Crippen LogP contribution in [0.15, 0.2) is 0 Å². The largest absolute Gasteiger partial charge is 0.502 e. The molecule has 1 saturated heterocycles. The summed E-state index contributed by atoms with van der Waals surface area (Å²) in [5.41, 5.74) is 0. The lowest BCUT2D eigenvalue weighted by Gasteiger charge is -2.27. The van der Waals surface area contributed by atoms with Gasteiger partial charge in [-0.15, -0.1) is 0 Å². The standard InChI is InChI=1S/C9H20O4Si/c1-4-7-14(11-5-2,12-6-3)13-9-8-10-9/h9H,4-8H2,1-3H3. The summed E-state index contributed by atoms with van der Waals surface area (Å²) in [5, 5.41) is 0. The van der Waals surface area contributed by atoms with Crippen molar-refractivity contribution in [2.75, 3.05) is 19.8 Å². The predicted molar refractivity (Wildman–Crippen MR) is 54.9 cm³/mol. The van der Waals surface area contributed by atoms with Crippen LogP contribution in [-0.4, -0.2) is 34.9 Å². The van der Waals surface area contributed by atoms with Crippen molar-refractivity contribution in [1.82, 2.24) is 0 Å². The summed E-state index contributed by atoms with van der Waals surface area (Å²) in [6, 6.07) is 0.870. The molecule has 0 amide bonds. The zero-order valence-corrected chi connectivity index (χ0v) is 10.2. The first-order chi connectivity index (χ1) is 6.76. The van der Waals surface area contributed by atoms with Crippen LogP contribution < -0.4 is 0 Å². The first kappa shape index (κ1) is 12.1. The van der Waals surface area contributed by atoms with Gasteiger partial charge in [0.25, 0.3) is 0 Å². The van der Waals surface area contributed by atoms with E-state index >= 15 is 0 Å². The smallest absolute Gasteiger partial charge is 0.374 e. The maximum Gasteiger partial charge on any atom is 0.502 e. The molecule has 0 bridgehead atoms. The first-order valence-corrected chi connectivity index (χ1v) is 7.26. The Morgan fingerprint density at radius 3 is 2.14 bits per heavy atom. The molecule has 0 spiro atoms. The molecule has 1 rings (SSSR count). The molecule has 1 heterocycles. The van der Waals surface area contributed by atoms with Crippen LogP contribution in [0, 0.1) is 0 Å². The van der Waals surface area contributed by atoms with Gasteiger partial charge in [0, 0.05) is 19.3 Å². The number of hydrogen-bond acceptors (Lipinski definition) is 4. The molecular weight excluding hydrogens is 200 g/mol. The van der Waals surface area contributed by atoms with Gasteiger partial charge in [-0.05, 0) is 13.8 Å². The molecule has 1 aliphatic heterocycles. The predicted octanol–water partition coefficient (Wildman–Crippen LogP) is 1.78. The van der Waals surface area contributed by atoms with Crippen LogP contribution in [0.4, 0.5) is 0 Å². The van der Waals surface area contributed by atoms with E-state index in [1.54, 1.807) is 0 Å². The Labute approximate surface area is 86.9 Å². The zero-order valence-electron chi connectivity index (χ0n) is 9.25. The fourth-order valence-electron chi connectivity index (χ4n) is 1.37. The van der Waals surface area contributed by atoms with E-state index in [0.29, 0.717) is 19.8 Å². The summed E-state index contributed by atoms with van der Waals surface area (Å²) >= 11 is 0. The fourth-order valence-corrected chi connectivity index (χ4v) is 4.02. The van der Waals surface area contributed by atoms with Crippen LogP contribution in [0.2, 0.25) is 6.04 Å². The third-order valence-corrected chi connectivity index (χ3v) is 5.09. The van der Waals surface area contributed by atoms with Gasteiger partial charge in [0.05, 0.1) is 0 Å². The third-order valence-electron chi connectivity index (χ3n) is 1.90. The summed E-state index contributed by atoms with van der Waals surface area (Å²) in [6.07, 6.45) is 0.935. The van der Waals surface area contributed by atoms with Gasteiger partial charge in [-0.1, -0.05) is 13.3 Å². The summed E-state index contributed by atoms with van der Waals surface area (Å²) in [6.45, 7) is 7.99. The molecule has 0 aliphatic carbocycles. The molecule has 0 radical (unpaired) electrons. The van der Waals surface area contributed by atoms with Gasteiger partial charge in [0.2, 0.25) is 0 Å². The van der Waals surface area contributed by atoms with Gasteiger partial charge in [-0.25, -0.2) is 0 Å². The lowest BCUT2D eigenvalue weighted by molar-refractivity contribution is 0.0312. The third kappa shape index (κ3) is 3.66. The van der Waals surface area contributed by atoms with E-state index in [1.807, 2.05) is 13.8 Å². The van der Waals surface area contributed by atoms with Gasteiger partial charge in [0.1, 0.15) is 6.61 Å². The molecule has 0 aromatic rings.